The predicted molar refractivity (Wildman–Crippen MR) is 85.0 cm³/mol. The van der Waals surface area contributed by atoms with Gasteiger partial charge < -0.3 is 10.6 Å². The maximum absolute atomic E-state index is 12.5. The standard InChI is InChI=1S/C15H23ClN4O/c1-17-11-4-6-12(7-5-11)19-14-13(16)8-18-20(15(14)21)9-10-2-3-10/h8,10-12,17,19H,2-7,9H2,1H3. The molecule has 0 unspecified atom stereocenters. The Morgan fingerprint density at radius 2 is 1.90 bits per heavy atom. The summed E-state index contributed by atoms with van der Waals surface area (Å²) in [5, 5.41) is 11.3. The highest BCUT2D eigenvalue weighted by Gasteiger charge is 2.25. The van der Waals surface area contributed by atoms with Gasteiger partial charge in [-0.05, 0) is 51.5 Å². The third-order valence-corrected chi connectivity index (χ3v) is 4.90. The van der Waals surface area contributed by atoms with E-state index in [0.717, 1.165) is 32.2 Å². The Bertz CT molecular complexity index is 547. The molecule has 1 aromatic heterocycles. The van der Waals surface area contributed by atoms with Gasteiger partial charge in [0, 0.05) is 18.6 Å². The summed E-state index contributed by atoms with van der Waals surface area (Å²) in [5.74, 6) is 0.621. The number of nitrogens with zero attached hydrogens (tertiary/aromatic N) is 2. The largest absolute Gasteiger partial charge is 0.377 e. The number of hydrogen-bond acceptors (Lipinski definition) is 4. The van der Waals surface area contributed by atoms with E-state index in [9.17, 15) is 4.79 Å². The van der Waals surface area contributed by atoms with E-state index in [1.54, 1.807) is 10.9 Å². The van der Waals surface area contributed by atoms with E-state index >= 15 is 0 Å². The third kappa shape index (κ3) is 3.58. The van der Waals surface area contributed by atoms with Crippen LogP contribution in [0.3, 0.4) is 0 Å². The van der Waals surface area contributed by atoms with Crippen molar-refractivity contribution in [1.82, 2.24) is 15.1 Å². The fourth-order valence-electron chi connectivity index (χ4n) is 3.00. The summed E-state index contributed by atoms with van der Waals surface area (Å²) in [6.07, 6.45) is 8.38. The molecule has 2 aliphatic rings. The molecule has 116 valence electrons. The van der Waals surface area contributed by atoms with Crippen molar-refractivity contribution in [1.29, 1.82) is 0 Å². The SMILES string of the molecule is CNC1CCC(Nc2c(Cl)cnn(CC3CC3)c2=O)CC1. The molecule has 6 heteroatoms. The first kappa shape index (κ1) is 14.9. The van der Waals surface area contributed by atoms with Gasteiger partial charge in [-0.2, -0.15) is 5.10 Å². The van der Waals surface area contributed by atoms with Gasteiger partial charge in [0.25, 0.3) is 5.56 Å². The van der Waals surface area contributed by atoms with Crippen molar-refractivity contribution in [3.63, 3.8) is 0 Å². The minimum atomic E-state index is -0.0786. The van der Waals surface area contributed by atoms with E-state index in [1.165, 1.54) is 12.8 Å². The van der Waals surface area contributed by atoms with Crippen molar-refractivity contribution < 1.29 is 0 Å². The smallest absolute Gasteiger partial charge is 0.291 e. The molecule has 0 aliphatic heterocycles. The third-order valence-electron chi connectivity index (χ3n) is 4.61. The fraction of sp³-hybridized carbons (Fsp3) is 0.733. The summed E-state index contributed by atoms with van der Waals surface area (Å²) in [6.45, 7) is 0.719. The molecule has 0 spiro atoms. The average molecular weight is 311 g/mol. The Kier molecular flexibility index (Phi) is 4.50. The monoisotopic (exact) mass is 310 g/mol. The van der Waals surface area contributed by atoms with Crippen LogP contribution < -0.4 is 16.2 Å². The first-order valence-corrected chi connectivity index (χ1v) is 8.24. The maximum Gasteiger partial charge on any atom is 0.291 e. The normalized spacial score (nSPS) is 25.8. The van der Waals surface area contributed by atoms with Gasteiger partial charge in [-0.25, -0.2) is 4.68 Å². The van der Waals surface area contributed by atoms with Crippen molar-refractivity contribution in [2.45, 2.75) is 57.2 Å². The Labute approximate surface area is 130 Å². The quantitative estimate of drug-likeness (QED) is 0.876. The first-order chi connectivity index (χ1) is 10.2. The van der Waals surface area contributed by atoms with Gasteiger partial charge in [-0.1, -0.05) is 11.6 Å². The molecule has 1 aromatic rings. The number of rotatable bonds is 5. The van der Waals surface area contributed by atoms with Crippen LogP contribution in [-0.4, -0.2) is 28.9 Å². The van der Waals surface area contributed by atoms with Crippen LogP contribution in [0.25, 0.3) is 0 Å². The highest BCUT2D eigenvalue weighted by atomic mass is 35.5. The number of aromatic nitrogens is 2. The van der Waals surface area contributed by atoms with Crippen molar-refractivity contribution >= 4 is 17.3 Å². The second-order valence-electron chi connectivity index (χ2n) is 6.28. The number of nitrogens with one attached hydrogen (secondary N) is 2. The number of anilines is 1. The van der Waals surface area contributed by atoms with E-state index in [-0.39, 0.29) is 5.56 Å². The molecule has 2 aliphatic carbocycles. The lowest BCUT2D eigenvalue weighted by Crippen LogP contribution is -2.37. The summed E-state index contributed by atoms with van der Waals surface area (Å²) < 4.78 is 1.56. The summed E-state index contributed by atoms with van der Waals surface area (Å²) in [5.41, 5.74) is 0.449. The second kappa shape index (κ2) is 6.36. The average Bonchev–Trinajstić information content (AvgIpc) is 3.31. The summed E-state index contributed by atoms with van der Waals surface area (Å²) in [4.78, 5) is 12.5. The van der Waals surface area contributed by atoms with Gasteiger partial charge in [0.1, 0.15) is 5.69 Å². The molecule has 21 heavy (non-hydrogen) atoms. The van der Waals surface area contributed by atoms with Crippen molar-refractivity contribution in [3.05, 3.63) is 21.6 Å². The molecule has 2 fully saturated rings. The van der Waals surface area contributed by atoms with Crippen LogP contribution in [0, 0.1) is 5.92 Å². The van der Waals surface area contributed by atoms with Crippen LogP contribution >= 0.6 is 11.6 Å². The Morgan fingerprint density at radius 1 is 1.24 bits per heavy atom. The van der Waals surface area contributed by atoms with Gasteiger partial charge in [0.15, 0.2) is 0 Å². The lowest BCUT2D eigenvalue weighted by molar-refractivity contribution is 0.371. The molecule has 2 saturated carbocycles. The minimum absolute atomic E-state index is 0.0786. The molecule has 0 saturated heterocycles. The van der Waals surface area contributed by atoms with E-state index in [1.807, 2.05) is 7.05 Å². The van der Waals surface area contributed by atoms with E-state index in [2.05, 4.69) is 15.7 Å². The van der Waals surface area contributed by atoms with Crippen LogP contribution in [0.4, 0.5) is 5.69 Å². The Balaban J connectivity index is 1.70. The molecular formula is C15H23ClN4O. The number of hydrogen-bond donors (Lipinski definition) is 2. The molecular weight excluding hydrogens is 288 g/mol. The Hall–Kier alpha value is -1.07. The fourth-order valence-corrected chi connectivity index (χ4v) is 3.18. The van der Waals surface area contributed by atoms with Gasteiger partial charge in [-0.3, -0.25) is 4.79 Å². The molecule has 0 aromatic carbocycles. The molecule has 0 radical (unpaired) electrons. The van der Waals surface area contributed by atoms with Crippen LogP contribution in [0.2, 0.25) is 5.02 Å². The molecule has 0 amide bonds. The molecule has 2 N–H and O–H groups in total. The molecule has 1 heterocycles. The van der Waals surface area contributed by atoms with Gasteiger partial charge >= 0.3 is 0 Å². The van der Waals surface area contributed by atoms with Crippen LogP contribution in [-0.2, 0) is 6.54 Å². The zero-order chi connectivity index (χ0) is 14.8. The van der Waals surface area contributed by atoms with Crippen molar-refractivity contribution in [3.8, 4) is 0 Å². The Morgan fingerprint density at radius 3 is 2.52 bits per heavy atom. The summed E-state index contributed by atoms with van der Waals surface area (Å²) in [6, 6.07) is 0.930. The summed E-state index contributed by atoms with van der Waals surface area (Å²) >= 11 is 6.18. The number of halogens is 1. The van der Waals surface area contributed by atoms with Gasteiger partial charge in [-0.15, -0.1) is 0 Å². The van der Waals surface area contributed by atoms with Crippen molar-refractivity contribution in [2.75, 3.05) is 12.4 Å². The first-order valence-electron chi connectivity index (χ1n) is 7.86. The highest BCUT2D eigenvalue weighted by Crippen LogP contribution is 2.30. The molecule has 3 rings (SSSR count). The second-order valence-corrected chi connectivity index (χ2v) is 6.69. The van der Waals surface area contributed by atoms with Gasteiger partial charge in [0.2, 0.25) is 0 Å². The maximum atomic E-state index is 12.5. The van der Waals surface area contributed by atoms with Gasteiger partial charge in [0.05, 0.1) is 11.2 Å². The van der Waals surface area contributed by atoms with E-state index < -0.39 is 0 Å². The van der Waals surface area contributed by atoms with E-state index in [0.29, 0.717) is 28.7 Å². The van der Waals surface area contributed by atoms with Crippen molar-refractivity contribution in [2.24, 2.45) is 5.92 Å². The molecule has 0 bridgehead atoms. The minimum Gasteiger partial charge on any atom is -0.377 e. The topological polar surface area (TPSA) is 59.0 Å². The summed E-state index contributed by atoms with van der Waals surface area (Å²) in [7, 11) is 2.01. The zero-order valence-electron chi connectivity index (χ0n) is 12.4. The molecule has 0 atom stereocenters. The highest BCUT2D eigenvalue weighted by molar-refractivity contribution is 6.33. The van der Waals surface area contributed by atoms with Crippen LogP contribution in [0.1, 0.15) is 38.5 Å². The van der Waals surface area contributed by atoms with Crippen LogP contribution in [0.15, 0.2) is 11.0 Å². The lowest BCUT2D eigenvalue weighted by atomic mass is 9.91. The predicted octanol–water partition coefficient (Wildman–Crippen LogP) is 2.25. The lowest BCUT2D eigenvalue weighted by Gasteiger charge is -2.29. The zero-order valence-corrected chi connectivity index (χ0v) is 13.2. The molecule has 5 nitrogen and oxygen atoms in total. The van der Waals surface area contributed by atoms with E-state index in [4.69, 9.17) is 11.6 Å². The van der Waals surface area contributed by atoms with Crippen LogP contribution in [0.5, 0.6) is 0 Å².